The fourth-order valence-electron chi connectivity index (χ4n) is 0.401. The van der Waals surface area contributed by atoms with Gasteiger partial charge in [0, 0.05) is 0 Å². The van der Waals surface area contributed by atoms with Crippen molar-refractivity contribution in [3.05, 3.63) is 0 Å². The Morgan fingerprint density at radius 1 is 0.722 bits per heavy atom. The van der Waals surface area contributed by atoms with E-state index in [-0.39, 0.29) is 21.1 Å². The van der Waals surface area contributed by atoms with Crippen LogP contribution in [0.4, 0.5) is 0 Å². The first-order chi connectivity index (χ1) is 7.12. The van der Waals surface area contributed by atoms with Crippen LogP contribution in [0, 0.1) is 0 Å². The largest absolute Gasteiger partial charge is 5.00 e. The van der Waals surface area contributed by atoms with Crippen molar-refractivity contribution in [3.8, 4) is 0 Å². The van der Waals surface area contributed by atoms with E-state index in [2.05, 4.69) is 12.9 Å². The maximum atomic E-state index is 10.5. The molecule has 18 heavy (non-hydrogen) atoms. The molecule has 109 valence electrons. The normalized spacial score (nSPS) is 22.1. The van der Waals surface area contributed by atoms with E-state index in [9.17, 15) is 42.7 Å². The molecule has 13 nitrogen and oxygen atoms in total. The van der Waals surface area contributed by atoms with Crippen LogP contribution >= 0.6 is 31.3 Å². The van der Waals surface area contributed by atoms with Crippen LogP contribution in [-0.2, 0) is 52.3 Å². The first-order valence-corrected chi connectivity index (χ1v) is 8.82. The van der Waals surface area contributed by atoms with E-state index in [1.165, 1.54) is 0 Å². The molecule has 0 rings (SSSR count). The van der Waals surface area contributed by atoms with E-state index in [4.69, 9.17) is 4.89 Å². The SMILES string of the molecule is O=P([O-])([O-])OP(=O)([O-])OP(=O)([O-])OP(=O)([O-])O.[Pt+5]. The minimum absolute atomic E-state index is 0. The maximum Gasteiger partial charge on any atom is 5.00 e. The Kier molecular flexibility index (Phi) is 8.14. The van der Waals surface area contributed by atoms with Gasteiger partial charge in [-0.05, 0) is 0 Å². The predicted octanol–water partition coefficient (Wildman–Crippen LogP) is -3.74. The molecule has 0 aliphatic carbocycles. The summed E-state index contributed by atoms with van der Waals surface area (Å²) in [5.74, 6) is 0. The van der Waals surface area contributed by atoms with Crippen molar-refractivity contribution in [1.82, 2.24) is 0 Å². The van der Waals surface area contributed by atoms with Crippen molar-refractivity contribution in [2.75, 3.05) is 0 Å². The van der Waals surface area contributed by atoms with Crippen molar-refractivity contribution in [2.45, 2.75) is 0 Å². The Hall–Kier alpha value is 1.25. The molecule has 3 atom stereocenters. The van der Waals surface area contributed by atoms with Crippen LogP contribution in [0.25, 0.3) is 0 Å². The van der Waals surface area contributed by atoms with Crippen LogP contribution in [-0.4, -0.2) is 4.89 Å². The van der Waals surface area contributed by atoms with Crippen molar-refractivity contribution < 1.29 is 81.6 Å². The van der Waals surface area contributed by atoms with Gasteiger partial charge in [-0.2, -0.15) is 0 Å². The first kappa shape index (κ1) is 21.5. The molecule has 0 amide bonds. The van der Waals surface area contributed by atoms with Crippen LogP contribution in [0.2, 0.25) is 0 Å². The Morgan fingerprint density at radius 3 is 1.33 bits per heavy atom. The van der Waals surface area contributed by atoms with Crippen LogP contribution in [0.5, 0.6) is 0 Å². The fraction of sp³-hybridized carbons (Fsp3) is 0. The summed E-state index contributed by atoms with van der Waals surface area (Å²) in [5.41, 5.74) is 0. The molecular weight excluding hydrogens is 527 g/mol. The molecule has 0 aliphatic heterocycles. The summed E-state index contributed by atoms with van der Waals surface area (Å²) in [6.45, 7) is 0. The number of hydrogen-bond donors (Lipinski definition) is 1. The summed E-state index contributed by atoms with van der Waals surface area (Å²) in [5, 5.41) is 0. The zero-order valence-electron chi connectivity index (χ0n) is 7.45. The third-order valence-corrected chi connectivity index (χ3v) is 5.43. The van der Waals surface area contributed by atoms with Gasteiger partial charge in [0.05, 0.1) is 7.82 Å². The van der Waals surface area contributed by atoms with E-state index in [1.54, 1.807) is 0 Å². The van der Waals surface area contributed by atoms with E-state index in [1.807, 2.05) is 0 Å². The average molecular weight is 528 g/mol. The van der Waals surface area contributed by atoms with Crippen molar-refractivity contribution in [1.29, 1.82) is 0 Å². The average Bonchev–Trinajstić information content (AvgIpc) is 1.65. The molecule has 18 heteroatoms. The molecule has 0 saturated heterocycles. The van der Waals surface area contributed by atoms with Gasteiger partial charge in [0.1, 0.15) is 0 Å². The molecule has 1 radical (unpaired) electrons. The molecule has 0 aromatic heterocycles. The van der Waals surface area contributed by atoms with Crippen LogP contribution in [0.1, 0.15) is 0 Å². The standard InChI is InChI=1S/H6O13P4.Pt/c1-14(2,3)11-16(7,8)13-17(9,10)12-15(4,5)6;/h(H,7,8)(H,9,10)(H2,1,2,3)(H2,4,5,6);/q;+5/p-5. The molecule has 0 saturated carbocycles. The number of rotatable bonds is 6. The molecule has 0 aliphatic rings. The van der Waals surface area contributed by atoms with Gasteiger partial charge in [0.2, 0.25) is 0 Å². The predicted molar refractivity (Wildman–Crippen MR) is 35.9 cm³/mol. The maximum absolute atomic E-state index is 10.5. The Bertz CT molecular complexity index is 408. The molecule has 1 N–H and O–H groups in total. The topological polar surface area (TPSA) is 232 Å². The van der Waals surface area contributed by atoms with Gasteiger partial charge < -0.3 is 33.9 Å². The van der Waals surface area contributed by atoms with Crippen molar-refractivity contribution in [2.24, 2.45) is 0 Å². The Labute approximate surface area is 113 Å². The van der Waals surface area contributed by atoms with E-state index >= 15 is 0 Å². The third-order valence-electron chi connectivity index (χ3n) is 0.603. The van der Waals surface area contributed by atoms with E-state index < -0.39 is 31.3 Å². The monoisotopic (exact) mass is 528 g/mol. The second-order valence-electron chi connectivity index (χ2n) is 2.06. The number of phosphoric acid groups is 4. The zero-order valence-corrected chi connectivity index (χ0v) is 13.3. The summed E-state index contributed by atoms with van der Waals surface area (Å²) in [6, 6.07) is 0. The Balaban J connectivity index is 0. The minimum atomic E-state index is -6.23. The number of hydrogen-bond acceptors (Lipinski definition) is 12. The van der Waals surface area contributed by atoms with Crippen LogP contribution in [0.3, 0.4) is 0 Å². The van der Waals surface area contributed by atoms with Crippen molar-refractivity contribution >= 4 is 31.3 Å². The molecule has 0 fully saturated rings. The Morgan fingerprint density at radius 2 is 1.06 bits per heavy atom. The molecule has 0 bridgehead atoms. The molecule has 0 spiro atoms. The van der Waals surface area contributed by atoms with Crippen molar-refractivity contribution in [3.63, 3.8) is 0 Å². The summed E-state index contributed by atoms with van der Waals surface area (Å²) in [6.07, 6.45) is 0. The van der Waals surface area contributed by atoms with E-state index in [0.717, 1.165) is 0 Å². The van der Waals surface area contributed by atoms with Gasteiger partial charge >= 0.3 is 21.1 Å². The minimum Gasteiger partial charge on any atom is -0.790 e. The van der Waals surface area contributed by atoms with E-state index in [0.29, 0.717) is 0 Å². The first-order valence-electron chi connectivity index (χ1n) is 2.94. The molecule has 3 unspecified atom stereocenters. The van der Waals surface area contributed by atoms with Gasteiger partial charge in [-0.1, -0.05) is 0 Å². The molecule has 0 aromatic rings. The summed E-state index contributed by atoms with van der Waals surface area (Å²) in [4.78, 5) is 58.3. The summed E-state index contributed by atoms with van der Waals surface area (Å²) >= 11 is 0. The van der Waals surface area contributed by atoms with Crippen LogP contribution < -0.4 is 24.5 Å². The summed E-state index contributed by atoms with van der Waals surface area (Å²) < 4.78 is 48.9. The quantitative estimate of drug-likeness (QED) is 0.327. The van der Waals surface area contributed by atoms with Gasteiger partial charge in [-0.3, -0.25) is 18.0 Å². The second kappa shape index (κ2) is 6.80. The zero-order chi connectivity index (χ0) is 14.1. The van der Waals surface area contributed by atoms with Gasteiger partial charge in [0.25, 0.3) is 23.5 Å². The van der Waals surface area contributed by atoms with Gasteiger partial charge in [-0.25, -0.2) is 8.62 Å². The smallest absolute Gasteiger partial charge is 0.790 e. The molecule has 0 heterocycles. The molecular formula is HO13P4Pt. The van der Waals surface area contributed by atoms with Crippen LogP contribution in [0.15, 0.2) is 0 Å². The summed E-state index contributed by atoms with van der Waals surface area (Å²) in [7, 11) is -24.5. The van der Waals surface area contributed by atoms with Gasteiger partial charge in [0.15, 0.2) is 0 Å². The second-order valence-corrected chi connectivity index (χ2v) is 7.64. The van der Waals surface area contributed by atoms with Gasteiger partial charge in [-0.15, -0.1) is 0 Å². The third kappa shape index (κ3) is 12.3. The fourth-order valence-corrected chi connectivity index (χ4v) is 4.15. The molecule has 0 aromatic carbocycles.